The van der Waals surface area contributed by atoms with Gasteiger partial charge in [-0.05, 0) is 61.6 Å². The molecule has 1 aromatic carbocycles. The molecule has 2 N–H and O–H groups in total. The molecule has 0 spiro atoms. The van der Waals surface area contributed by atoms with Crippen molar-refractivity contribution in [3.63, 3.8) is 0 Å². The molecule has 2 aliphatic carbocycles. The molecule has 5 rings (SSSR count). The number of ether oxygens (including phenoxy) is 1. The summed E-state index contributed by atoms with van der Waals surface area (Å²) in [6.45, 7) is 0.215. The maximum absolute atomic E-state index is 9.44. The molecule has 3 aromatic rings. The summed E-state index contributed by atoms with van der Waals surface area (Å²) in [6.07, 6.45) is 12.9. The Morgan fingerprint density at radius 3 is 2.71 bits per heavy atom. The number of imidazole rings is 1. The van der Waals surface area contributed by atoms with Crippen molar-refractivity contribution in [2.75, 3.05) is 6.61 Å². The maximum atomic E-state index is 9.44. The normalized spacial score (nSPS) is 21.3. The van der Waals surface area contributed by atoms with Crippen LogP contribution in [-0.2, 0) is 0 Å². The first-order valence-electron chi connectivity index (χ1n) is 11.0. The number of aliphatic hydroxyl groups is 1. The summed E-state index contributed by atoms with van der Waals surface area (Å²) >= 11 is 6.56. The number of aromatic nitrogens is 3. The van der Waals surface area contributed by atoms with Gasteiger partial charge in [-0.15, -0.1) is 0 Å². The number of H-pyrrole nitrogens is 1. The lowest BCUT2D eigenvalue weighted by atomic mass is 9.88. The van der Waals surface area contributed by atoms with Gasteiger partial charge in [0.05, 0.1) is 16.2 Å². The van der Waals surface area contributed by atoms with Crippen molar-refractivity contribution in [3.8, 4) is 17.3 Å². The molecule has 31 heavy (non-hydrogen) atoms. The first-order chi connectivity index (χ1) is 15.2. The van der Waals surface area contributed by atoms with Crippen LogP contribution in [0.3, 0.4) is 0 Å². The third kappa shape index (κ3) is 4.39. The number of nitrogens with one attached hydrogen (secondary N) is 1. The van der Waals surface area contributed by atoms with Crippen LogP contribution in [0.25, 0.3) is 28.0 Å². The number of aliphatic hydroxyl groups excluding tert-OH is 1. The van der Waals surface area contributed by atoms with Gasteiger partial charge in [0, 0.05) is 12.2 Å². The molecule has 0 unspecified atom stereocenters. The minimum atomic E-state index is 0.0668. The van der Waals surface area contributed by atoms with Gasteiger partial charge in [0.2, 0.25) is 0 Å². The third-order valence-corrected chi connectivity index (χ3v) is 6.45. The Balaban J connectivity index is 1.38. The Morgan fingerprint density at radius 2 is 1.94 bits per heavy atom. The molecule has 2 heterocycles. The molecule has 6 heteroatoms. The number of nitrogens with zero attached hydrogens (tertiary/aromatic N) is 2. The molecule has 0 radical (unpaired) electrons. The van der Waals surface area contributed by atoms with Gasteiger partial charge in [0.25, 0.3) is 6.01 Å². The maximum Gasteiger partial charge on any atom is 0.296 e. The summed E-state index contributed by atoms with van der Waals surface area (Å²) < 4.78 is 6.07. The van der Waals surface area contributed by atoms with E-state index in [1.54, 1.807) is 0 Å². The van der Waals surface area contributed by atoms with Crippen molar-refractivity contribution in [1.29, 1.82) is 0 Å². The second kappa shape index (κ2) is 8.85. The lowest BCUT2D eigenvalue weighted by Gasteiger charge is -2.27. The summed E-state index contributed by atoms with van der Waals surface area (Å²) in [5, 5.41) is 10.0. The number of allylic oxidation sites excluding steroid dienone is 4. The number of hydrogen-bond acceptors (Lipinski definition) is 4. The Bertz CT molecular complexity index is 1130. The molecule has 160 valence electrons. The first kappa shape index (κ1) is 20.3. The lowest BCUT2D eigenvalue weighted by molar-refractivity contribution is 0.0865. The number of benzene rings is 1. The van der Waals surface area contributed by atoms with Crippen LogP contribution in [0.5, 0.6) is 6.01 Å². The van der Waals surface area contributed by atoms with Crippen molar-refractivity contribution < 1.29 is 9.84 Å². The van der Waals surface area contributed by atoms with Crippen molar-refractivity contribution in [3.05, 3.63) is 59.1 Å². The van der Waals surface area contributed by atoms with E-state index in [4.69, 9.17) is 21.3 Å². The van der Waals surface area contributed by atoms with Gasteiger partial charge in [-0.3, -0.25) is 0 Å². The zero-order valence-electron chi connectivity index (χ0n) is 17.4. The van der Waals surface area contributed by atoms with Crippen molar-refractivity contribution in [1.82, 2.24) is 15.0 Å². The van der Waals surface area contributed by atoms with Crippen LogP contribution < -0.4 is 4.74 Å². The lowest BCUT2D eigenvalue weighted by Crippen LogP contribution is -2.27. The Morgan fingerprint density at radius 1 is 1.10 bits per heavy atom. The molecule has 2 aliphatic rings. The van der Waals surface area contributed by atoms with E-state index >= 15 is 0 Å². The van der Waals surface area contributed by atoms with Crippen molar-refractivity contribution >= 4 is 28.3 Å². The fraction of sp³-hybridized carbons (Fsp3) is 0.360. The largest absolute Gasteiger partial charge is 0.461 e. The molecule has 2 aromatic heterocycles. The van der Waals surface area contributed by atoms with E-state index in [0.29, 0.717) is 28.3 Å². The van der Waals surface area contributed by atoms with Gasteiger partial charge in [-0.2, -0.15) is 4.98 Å². The van der Waals surface area contributed by atoms with E-state index in [1.165, 1.54) is 11.1 Å². The molecule has 1 saturated carbocycles. The molecule has 0 amide bonds. The average Bonchev–Trinajstić information content (AvgIpc) is 3.20. The van der Waals surface area contributed by atoms with E-state index in [-0.39, 0.29) is 12.7 Å². The van der Waals surface area contributed by atoms with Gasteiger partial charge in [-0.1, -0.05) is 54.1 Å². The number of rotatable bonds is 5. The molecule has 1 fully saturated rings. The summed E-state index contributed by atoms with van der Waals surface area (Å²) in [5.41, 5.74) is 5.47. The van der Waals surface area contributed by atoms with Gasteiger partial charge in [0.15, 0.2) is 5.65 Å². The van der Waals surface area contributed by atoms with Crippen molar-refractivity contribution in [2.24, 2.45) is 5.92 Å². The number of pyridine rings is 1. The van der Waals surface area contributed by atoms with E-state index in [1.807, 2.05) is 6.07 Å². The minimum Gasteiger partial charge on any atom is -0.461 e. The highest BCUT2D eigenvalue weighted by Crippen LogP contribution is 2.32. The molecule has 0 bridgehead atoms. The highest BCUT2D eigenvalue weighted by molar-refractivity contribution is 6.33. The van der Waals surface area contributed by atoms with E-state index in [0.717, 1.165) is 49.6 Å². The second-order valence-electron chi connectivity index (χ2n) is 8.40. The Hall–Kier alpha value is -2.63. The van der Waals surface area contributed by atoms with Gasteiger partial charge < -0.3 is 14.8 Å². The molecule has 0 saturated heterocycles. The number of fused-ring (bicyclic) bond motifs is 1. The molecule has 2 atom stereocenters. The molecular weight excluding hydrogens is 410 g/mol. The van der Waals surface area contributed by atoms with Gasteiger partial charge >= 0.3 is 0 Å². The minimum absolute atomic E-state index is 0.0668. The number of hydrogen-bond donors (Lipinski definition) is 2. The predicted molar refractivity (Wildman–Crippen MR) is 124 cm³/mol. The van der Waals surface area contributed by atoms with Gasteiger partial charge in [0.1, 0.15) is 6.10 Å². The smallest absolute Gasteiger partial charge is 0.296 e. The summed E-state index contributed by atoms with van der Waals surface area (Å²) in [5.74, 6) is 0.310. The molecule has 0 aliphatic heterocycles. The Kier molecular flexibility index (Phi) is 5.79. The van der Waals surface area contributed by atoms with E-state index in [9.17, 15) is 5.11 Å². The zero-order chi connectivity index (χ0) is 21.2. The topological polar surface area (TPSA) is 71.0 Å². The van der Waals surface area contributed by atoms with Crippen LogP contribution in [-0.4, -0.2) is 32.8 Å². The summed E-state index contributed by atoms with van der Waals surface area (Å²) in [7, 11) is 0. The standard InChI is InChI=1S/C25H26ClN3O2/c26-21-14-22-24(29-25(27-22)31-20-8-4-5-16(13-20)15-30)28-23(21)19-11-9-18(10-12-19)17-6-2-1-3-7-17/h2,6-7,9-12,14,16,20,30H,1,3-5,8,13,15H2,(H,27,28,29)/t16-,20+/m0/s1. The number of halogens is 1. The molecular formula is C25H26ClN3O2. The van der Waals surface area contributed by atoms with Gasteiger partial charge in [-0.25, -0.2) is 4.98 Å². The van der Waals surface area contributed by atoms with E-state index in [2.05, 4.69) is 52.5 Å². The second-order valence-corrected chi connectivity index (χ2v) is 8.81. The summed E-state index contributed by atoms with van der Waals surface area (Å²) in [4.78, 5) is 12.4. The fourth-order valence-electron chi connectivity index (χ4n) is 4.47. The van der Waals surface area contributed by atoms with Crippen LogP contribution in [0.4, 0.5) is 0 Å². The zero-order valence-corrected chi connectivity index (χ0v) is 18.1. The van der Waals surface area contributed by atoms with Crippen LogP contribution in [0.1, 0.15) is 44.1 Å². The van der Waals surface area contributed by atoms with Crippen LogP contribution in [0.2, 0.25) is 5.02 Å². The highest BCUT2D eigenvalue weighted by Gasteiger charge is 2.24. The average molecular weight is 436 g/mol. The van der Waals surface area contributed by atoms with Crippen LogP contribution in [0.15, 0.2) is 48.6 Å². The van der Waals surface area contributed by atoms with Crippen molar-refractivity contribution in [2.45, 2.75) is 44.6 Å². The number of aromatic amines is 1. The highest BCUT2D eigenvalue weighted by atomic mass is 35.5. The van der Waals surface area contributed by atoms with Crippen LogP contribution in [0, 0.1) is 5.92 Å². The molecule has 5 nitrogen and oxygen atoms in total. The summed E-state index contributed by atoms with van der Waals surface area (Å²) in [6, 6.07) is 10.7. The van der Waals surface area contributed by atoms with Crippen LogP contribution >= 0.6 is 11.6 Å². The SMILES string of the molecule is OC[C@H]1CCC[C@@H](Oc2nc3nc(-c4ccc(C5=CCCC=C5)cc4)c(Cl)cc3[nH]2)C1. The Labute approximate surface area is 186 Å². The monoisotopic (exact) mass is 435 g/mol. The van der Waals surface area contributed by atoms with E-state index < -0.39 is 0 Å². The fourth-order valence-corrected chi connectivity index (χ4v) is 4.73. The predicted octanol–water partition coefficient (Wildman–Crippen LogP) is 5.94. The third-order valence-electron chi connectivity index (χ3n) is 6.16. The first-order valence-corrected chi connectivity index (χ1v) is 11.4. The quantitative estimate of drug-likeness (QED) is 0.520.